The summed E-state index contributed by atoms with van der Waals surface area (Å²) in [7, 11) is 0. The Hall–Kier alpha value is -2.03. The van der Waals surface area contributed by atoms with Crippen LogP contribution >= 0.6 is 0 Å². The first-order valence-corrected chi connectivity index (χ1v) is 5.69. The molecule has 0 spiro atoms. The first-order chi connectivity index (χ1) is 8.28. The van der Waals surface area contributed by atoms with Gasteiger partial charge in [0.15, 0.2) is 0 Å². The Morgan fingerprint density at radius 2 is 2.00 bits per heavy atom. The highest BCUT2D eigenvalue weighted by Gasteiger charge is 2.33. The summed E-state index contributed by atoms with van der Waals surface area (Å²) < 4.78 is 5.79. The van der Waals surface area contributed by atoms with Crippen LogP contribution < -0.4 is 10.1 Å². The minimum Gasteiger partial charge on any atom is -0.489 e. The average Bonchev–Trinajstić information content (AvgIpc) is 2.40. The Labute approximate surface area is 100 Å². The number of ether oxygens (including phenoxy) is 1. The molecule has 0 saturated heterocycles. The molecule has 0 saturated carbocycles. The van der Waals surface area contributed by atoms with Crippen molar-refractivity contribution in [3.63, 3.8) is 0 Å². The van der Waals surface area contributed by atoms with Gasteiger partial charge in [0.1, 0.15) is 17.9 Å². The highest BCUT2D eigenvalue weighted by atomic mass is 16.5. The third kappa shape index (κ3) is 1.73. The average molecular weight is 226 g/mol. The summed E-state index contributed by atoms with van der Waals surface area (Å²) in [5.74, 6) is 0.904. The molecule has 2 heterocycles. The predicted octanol–water partition coefficient (Wildman–Crippen LogP) is 2.80. The first kappa shape index (κ1) is 10.1. The van der Waals surface area contributed by atoms with E-state index >= 15 is 0 Å². The first-order valence-electron chi connectivity index (χ1n) is 5.69. The largest absolute Gasteiger partial charge is 0.489 e. The lowest BCUT2D eigenvalue weighted by atomic mass is 9.96. The zero-order chi connectivity index (χ0) is 11.7. The van der Waals surface area contributed by atoms with Gasteiger partial charge in [-0.3, -0.25) is 4.98 Å². The summed E-state index contributed by atoms with van der Waals surface area (Å²) in [4.78, 5) is 4.40. The lowest BCUT2D eigenvalue weighted by molar-refractivity contribution is 0.228. The smallest absolute Gasteiger partial charge is 0.142 e. The van der Waals surface area contributed by atoms with Crippen LogP contribution in [0.5, 0.6) is 5.75 Å². The third-order valence-corrected chi connectivity index (χ3v) is 3.04. The summed E-state index contributed by atoms with van der Waals surface area (Å²) in [5, 5.41) is 3.50. The van der Waals surface area contributed by atoms with Crippen LogP contribution in [0.1, 0.15) is 12.6 Å². The Bertz CT molecular complexity index is 527. The maximum absolute atomic E-state index is 5.79. The molecular weight excluding hydrogens is 212 g/mol. The van der Waals surface area contributed by atoms with E-state index in [0.717, 1.165) is 17.1 Å². The Kier molecular flexibility index (Phi) is 2.25. The molecule has 1 aromatic heterocycles. The zero-order valence-electron chi connectivity index (χ0n) is 9.68. The van der Waals surface area contributed by atoms with Crippen molar-refractivity contribution < 1.29 is 4.74 Å². The van der Waals surface area contributed by atoms with Gasteiger partial charge in [0, 0.05) is 6.20 Å². The van der Waals surface area contributed by atoms with Gasteiger partial charge >= 0.3 is 0 Å². The van der Waals surface area contributed by atoms with Gasteiger partial charge in [-0.05, 0) is 31.2 Å². The van der Waals surface area contributed by atoms with Gasteiger partial charge in [0.25, 0.3) is 0 Å². The molecule has 86 valence electrons. The van der Waals surface area contributed by atoms with Crippen molar-refractivity contribution in [1.29, 1.82) is 0 Å². The van der Waals surface area contributed by atoms with E-state index in [1.54, 1.807) is 0 Å². The highest BCUT2D eigenvalue weighted by Crippen LogP contribution is 2.35. The van der Waals surface area contributed by atoms with Gasteiger partial charge in [0.2, 0.25) is 0 Å². The third-order valence-electron chi connectivity index (χ3n) is 3.04. The Morgan fingerprint density at radius 3 is 2.82 bits per heavy atom. The molecule has 1 N–H and O–H groups in total. The van der Waals surface area contributed by atoms with Crippen LogP contribution in [0, 0.1) is 0 Å². The maximum atomic E-state index is 5.79. The van der Waals surface area contributed by atoms with Crippen LogP contribution in [0.15, 0.2) is 48.7 Å². The van der Waals surface area contributed by atoms with Crippen molar-refractivity contribution in [3.05, 3.63) is 54.4 Å². The minimum absolute atomic E-state index is 0.268. The van der Waals surface area contributed by atoms with Gasteiger partial charge in [-0.1, -0.05) is 18.2 Å². The number of nitrogens with zero attached hydrogens (tertiary/aromatic N) is 1. The van der Waals surface area contributed by atoms with Crippen LogP contribution in [0.25, 0.3) is 0 Å². The van der Waals surface area contributed by atoms with Gasteiger partial charge in [-0.2, -0.15) is 0 Å². The fourth-order valence-corrected chi connectivity index (χ4v) is 2.08. The van der Waals surface area contributed by atoms with Crippen molar-refractivity contribution >= 4 is 5.69 Å². The van der Waals surface area contributed by atoms with Crippen LogP contribution in [0.3, 0.4) is 0 Å². The molecule has 0 aliphatic carbocycles. The normalized spacial score (nSPS) is 22.2. The molecule has 0 fully saturated rings. The number of aromatic nitrogens is 1. The Balaban J connectivity index is 1.98. The second-order valence-electron chi connectivity index (χ2n) is 4.46. The summed E-state index contributed by atoms with van der Waals surface area (Å²) >= 11 is 0. The number of anilines is 1. The van der Waals surface area contributed by atoms with Gasteiger partial charge in [0.05, 0.1) is 11.4 Å². The molecule has 3 rings (SSSR count). The van der Waals surface area contributed by atoms with Gasteiger partial charge in [-0.15, -0.1) is 0 Å². The van der Waals surface area contributed by atoms with E-state index in [1.807, 2.05) is 48.7 Å². The number of hydrogen-bond donors (Lipinski definition) is 1. The summed E-state index contributed by atoms with van der Waals surface area (Å²) in [6.45, 7) is 2.69. The van der Waals surface area contributed by atoms with E-state index in [0.29, 0.717) is 6.61 Å². The van der Waals surface area contributed by atoms with Crippen LogP contribution in [0.4, 0.5) is 5.69 Å². The predicted molar refractivity (Wildman–Crippen MR) is 67.1 cm³/mol. The van der Waals surface area contributed by atoms with Crippen molar-refractivity contribution in [3.8, 4) is 5.75 Å². The molecule has 3 nitrogen and oxygen atoms in total. The van der Waals surface area contributed by atoms with Crippen LogP contribution in [-0.2, 0) is 5.54 Å². The molecule has 3 heteroatoms. The molecule has 1 unspecified atom stereocenters. The van der Waals surface area contributed by atoms with Crippen LogP contribution in [0.2, 0.25) is 0 Å². The van der Waals surface area contributed by atoms with Crippen molar-refractivity contribution in [2.45, 2.75) is 12.5 Å². The van der Waals surface area contributed by atoms with Gasteiger partial charge in [-0.25, -0.2) is 0 Å². The molecule has 1 aliphatic rings. The minimum atomic E-state index is -0.268. The standard InChI is InChI=1S/C14H14N2O/c1-14(13-8-4-5-9-15-13)10-17-12-7-3-2-6-11(12)16-14/h2-9,16H,10H2,1H3. The number of fused-ring (bicyclic) bond motifs is 1. The molecule has 1 atom stereocenters. The molecule has 2 aromatic rings. The van der Waals surface area contributed by atoms with E-state index in [2.05, 4.69) is 17.2 Å². The number of benzene rings is 1. The van der Waals surface area contributed by atoms with E-state index < -0.39 is 0 Å². The fraction of sp³-hybridized carbons (Fsp3) is 0.214. The number of rotatable bonds is 1. The zero-order valence-corrected chi connectivity index (χ0v) is 9.68. The quantitative estimate of drug-likeness (QED) is 0.811. The number of hydrogen-bond acceptors (Lipinski definition) is 3. The van der Waals surface area contributed by atoms with Crippen LogP contribution in [-0.4, -0.2) is 11.6 Å². The van der Waals surface area contributed by atoms with Gasteiger partial charge < -0.3 is 10.1 Å². The number of para-hydroxylation sites is 2. The van der Waals surface area contributed by atoms with E-state index in [-0.39, 0.29) is 5.54 Å². The number of nitrogens with one attached hydrogen (secondary N) is 1. The number of pyridine rings is 1. The topological polar surface area (TPSA) is 34.1 Å². The SMILES string of the molecule is CC1(c2ccccn2)COc2ccccc2N1. The second kappa shape index (κ2) is 3.77. The molecule has 0 radical (unpaired) electrons. The van der Waals surface area contributed by atoms with E-state index in [4.69, 9.17) is 4.74 Å². The second-order valence-corrected chi connectivity index (χ2v) is 4.46. The lowest BCUT2D eigenvalue weighted by Gasteiger charge is -2.36. The summed E-state index contributed by atoms with van der Waals surface area (Å²) in [6, 6.07) is 13.9. The van der Waals surface area contributed by atoms with Crippen molar-refractivity contribution in [2.75, 3.05) is 11.9 Å². The van der Waals surface area contributed by atoms with Crippen molar-refractivity contribution in [1.82, 2.24) is 4.98 Å². The lowest BCUT2D eigenvalue weighted by Crippen LogP contribution is -2.41. The monoisotopic (exact) mass is 226 g/mol. The van der Waals surface area contributed by atoms with Crippen molar-refractivity contribution in [2.24, 2.45) is 0 Å². The molecule has 1 aromatic carbocycles. The Morgan fingerprint density at radius 1 is 1.18 bits per heavy atom. The fourth-order valence-electron chi connectivity index (χ4n) is 2.08. The maximum Gasteiger partial charge on any atom is 0.142 e. The highest BCUT2D eigenvalue weighted by molar-refractivity contribution is 5.60. The molecule has 17 heavy (non-hydrogen) atoms. The molecule has 0 amide bonds. The summed E-state index contributed by atoms with van der Waals surface area (Å²) in [5.41, 5.74) is 1.75. The molecular formula is C14H14N2O. The molecule has 0 bridgehead atoms. The summed E-state index contributed by atoms with van der Waals surface area (Å²) in [6.07, 6.45) is 1.81. The van der Waals surface area contributed by atoms with E-state index in [9.17, 15) is 0 Å². The molecule has 1 aliphatic heterocycles. The van der Waals surface area contributed by atoms with E-state index in [1.165, 1.54) is 0 Å².